The van der Waals surface area contributed by atoms with Crippen molar-refractivity contribution in [3.05, 3.63) is 0 Å². The van der Waals surface area contributed by atoms with Gasteiger partial charge in [0.2, 0.25) is 11.8 Å². The van der Waals surface area contributed by atoms with Crippen molar-refractivity contribution in [2.45, 2.75) is 44.6 Å². The summed E-state index contributed by atoms with van der Waals surface area (Å²) in [5.41, 5.74) is 0. The van der Waals surface area contributed by atoms with Crippen molar-refractivity contribution in [1.82, 2.24) is 10.6 Å². The molecule has 7 heteroatoms. The van der Waals surface area contributed by atoms with Crippen molar-refractivity contribution in [2.24, 2.45) is 0 Å². The van der Waals surface area contributed by atoms with Crippen molar-refractivity contribution in [2.75, 3.05) is 47.6 Å². The Morgan fingerprint density at radius 3 is 1.57 bits per heavy atom. The van der Waals surface area contributed by atoms with Crippen LogP contribution in [0.2, 0.25) is 0 Å². The smallest absolute Gasteiger partial charge is 0.220 e. The molecule has 0 atom stereocenters. The van der Waals surface area contributed by atoms with Crippen LogP contribution in [0.15, 0.2) is 0 Å². The zero-order valence-corrected chi connectivity index (χ0v) is 14.7. The van der Waals surface area contributed by atoms with E-state index < -0.39 is 0 Å². The molecule has 136 valence electrons. The predicted octanol–water partition coefficient (Wildman–Crippen LogP) is 0.867. The maximum absolute atomic E-state index is 11.7. The van der Waals surface area contributed by atoms with E-state index in [-0.39, 0.29) is 17.9 Å². The van der Waals surface area contributed by atoms with E-state index in [0.717, 1.165) is 25.7 Å². The van der Waals surface area contributed by atoms with Gasteiger partial charge in [0, 0.05) is 60.5 Å². The minimum absolute atomic E-state index is 0.00551. The number of ether oxygens (including phenoxy) is 3. The topological polar surface area (TPSA) is 85.9 Å². The summed E-state index contributed by atoms with van der Waals surface area (Å²) < 4.78 is 15.1. The lowest BCUT2D eigenvalue weighted by Crippen LogP contribution is -2.41. The summed E-state index contributed by atoms with van der Waals surface area (Å²) in [7, 11) is 4.87. The van der Waals surface area contributed by atoms with Gasteiger partial charge < -0.3 is 24.8 Å². The summed E-state index contributed by atoms with van der Waals surface area (Å²) in [6.45, 7) is 2.13. The van der Waals surface area contributed by atoms with Crippen LogP contribution in [0.5, 0.6) is 0 Å². The molecule has 7 nitrogen and oxygen atoms in total. The zero-order valence-electron chi connectivity index (χ0n) is 14.7. The predicted molar refractivity (Wildman–Crippen MR) is 88.3 cm³/mol. The Morgan fingerprint density at radius 1 is 0.783 bits per heavy atom. The molecule has 0 aromatic heterocycles. The molecule has 0 aromatic carbocycles. The van der Waals surface area contributed by atoms with Gasteiger partial charge in [-0.2, -0.15) is 0 Å². The van der Waals surface area contributed by atoms with E-state index in [0.29, 0.717) is 39.1 Å². The lowest BCUT2D eigenvalue weighted by molar-refractivity contribution is -0.122. The summed E-state index contributed by atoms with van der Waals surface area (Å²) in [4.78, 5) is 23.3. The molecule has 2 N–H and O–H groups in total. The van der Waals surface area contributed by atoms with Gasteiger partial charge in [0.15, 0.2) is 0 Å². The summed E-state index contributed by atoms with van der Waals surface area (Å²) in [5.74, 6) is -0.0110. The van der Waals surface area contributed by atoms with E-state index in [9.17, 15) is 9.59 Å². The maximum Gasteiger partial charge on any atom is 0.220 e. The van der Waals surface area contributed by atoms with Crippen LogP contribution in [-0.2, 0) is 23.8 Å². The summed E-state index contributed by atoms with van der Waals surface area (Å²) in [6, 6.07) is 0. The monoisotopic (exact) mass is 332 g/mol. The van der Waals surface area contributed by atoms with Crippen LogP contribution < -0.4 is 10.6 Å². The number of hydrogen-bond acceptors (Lipinski definition) is 5. The van der Waals surface area contributed by atoms with Crippen LogP contribution in [0.3, 0.4) is 0 Å². The highest BCUT2D eigenvalue weighted by Gasteiger charge is 2.11. The van der Waals surface area contributed by atoms with E-state index in [1.807, 2.05) is 0 Å². The molecule has 0 aromatic rings. The number of rotatable bonds is 15. The Morgan fingerprint density at radius 2 is 1.22 bits per heavy atom. The third kappa shape index (κ3) is 14.2. The molecule has 0 aliphatic carbocycles. The van der Waals surface area contributed by atoms with E-state index >= 15 is 0 Å². The number of carbonyl (C=O) groups excluding carboxylic acids is 2. The molecule has 0 saturated heterocycles. The third-order valence-corrected chi connectivity index (χ3v) is 3.39. The molecular formula is C16H32N2O5. The van der Waals surface area contributed by atoms with Crippen LogP contribution in [0.1, 0.15) is 38.5 Å². The summed E-state index contributed by atoms with van der Waals surface area (Å²) >= 11 is 0. The second kappa shape index (κ2) is 15.7. The molecule has 0 rings (SSSR count). The highest BCUT2D eigenvalue weighted by molar-refractivity contribution is 5.76. The lowest BCUT2D eigenvalue weighted by Gasteiger charge is -2.17. The van der Waals surface area contributed by atoms with Gasteiger partial charge in [-0.1, -0.05) is 0 Å². The highest BCUT2D eigenvalue weighted by atomic mass is 16.5. The van der Waals surface area contributed by atoms with Crippen LogP contribution in [0.4, 0.5) is 0 Å². The van der Waals surface area contributed by atoms with E-state index in [2.05, 4.69) is 10.6 Å². The number of carbonyl (C=O) groups is 2. The average Bonchev–Trinajstić information content (AvgIpc) is 2.55. The molecule has 2 amide bonds. The van der Waals surface area contributed by atoms with Crippen molar-refractivity contribution in [3.8, 4) is 0 Å². The normalized spacial score (nSPS) is 10.8. The van der Waals surface area contributed by atoms with Gasteiger partial charge in [-0.05, 0) is 25.7 Å². The minimum Gasteiger partial charge on any atom is -0.385 e. The molecule has 0 fully saturated rings. The Balaban J connectivity index is 3.72. The molecule has 0 aliphatic heterocycles. The maximum atomic E-state index is 11.7. The fourth-order valence-corrected chi connectivity index (χ4v) is 1.93. The molecule has 0 aliphatic rings. The van der Waals surface area contributed by atoms with E-state index in [1.54, 1.807) is 21.3 Å². The van der Waals surface area contributed by atoms with Crippen LogP contribution in [0.25, 0.3) is 0 Å². The van der Waals surface area contributed by atoms with Crippen LogP contribution in [0, 0.1) is 0 Å². The number of unbranched alkanes of at least 4 members (excludes halogenated alkanes) is 2. The first-order chi connectivity index (χ1) is 11.1. The molecule has 0 bridgehead atoms. The second-order valence-corrected chi connectivity index (χ2v) is 5.37. The number of nitrogens with one attached hydrogen (secondary N) is 2. The van der Waals surface area contributed by atoms with Gasteiger partial charge in [-0.3, -0.25) is 9.59 Å². The fourth-order valence-electron chi connectivity index (χ4n) is 1.93. The molecule has 0 saturated carbocycles. The van der Waals surface area contributed by atoms with Crippen molar-refractivity contribution in [3.63, 3.8) is 0 Å². The zero-order chi connectivity index (χ0) is 17.3. The molecule has 0 unspecified atom stereocenters. The summed E-state index contributed by atoms with van der Waals surface area (Å²) in [5, 5.41) is 5.64. The molecule has 23 heavy (non-hydrogen) atoms. The van der Waals surface area contributed by atoms with Crippen LogP contribution >= 0.6 is 0 Å². The lowest BCUT2D eigenvalue weighted by atomic mass is 10.2. The van der Waals surface area contributed by atoms with Gasteiger partial charge in [0.25, 0.3) is 0 Å². The van der Waals surface area contributed by atoms with Crippen LogP contribution in [-0.4, -0.2) is 65.6 Å². The molecule has 0 radical (unpaired) electrons. The molecule has 0 spiro atoms. The quantitative estimate of drug-likeness (QED) is 0.435. The Kier molecular flexibility index (Phi) is 14.9. The third-order valence-electron chi connectivity index (χ3n) is 3.39. The van der Waals surface area contributed by atoms with Crippen molar-refractivity contribution < 1.29 is 23.8 Å². The number of hydrogen-bond donors (Lipinski definition) is 2. The fraction of sp³-hybridized carbons (Fsp3) is 0.875. The Labute approximate surface area is 139 Å². The van der Waals surface area contributed by atoms with Gasteiger partial charge >= 0.3 is 0 Å². The van der Waals surface area contributed by atoms with Crippen molar-refractivity contribution >= 4 is 11.8 Å². The highest BCUT2D eigenvalue weighted by Crippen LogP contribution is 1.97. The summed E-state index contributed by atoms with van der Waals surface area (Å²) in [6.07, 6.45) is 4.08. The SMILES string of the molecule is COCCCCC(=O)NCC(CNC(=O)CCCCOC)OC. The Bertz CT molecular complexity index is 285. The van der Waals surface area contributed by atoms with Gasteiger partial charge in [-0.25, -0.2) is 0 Å². The molecule has 0 heterocycles. The first-order valence-corrected chi connectivity index (χ1v) is 8.18. The van der Waals surface area contributed by atoms with Gasteiger partial charge in [-0.15, -0.1) is 0 Å². The number of methoxy groups -OCH3 is 3. The first kappa shape index (κ1) is 21.8. The van der Waals surface area contributed by atoms with Crippen molar-refractivity contribution in [1.29, 1.82) is 0 Å². The average molecular weight is 332 g/mol. The molecular weight excluding hydrogens is 300 g/mol. The standard InChI is InChI=1S/C16H32N2O5/c1-21-10-6-4-8-15(19)17-12-14(23-3)13-18-16(20)9-5-7-11-22-2/h14H,4-13H2,1-3H3,(H,17,19)(H,18,20). The number of amides is 2. The van der Waals surface area contributed by atoms with Gasteiger partial charge in [0.1, 0.15) is 0 Å². The first-order valence-electron chi connectivity index (χ1n) is 8.18. The largest absolute Gasteiger partial charge is 0.385 e. The second-order valence-electron chi connectivity index (χ2n) is 5.37. The van der Waals surface area contributed by atoms with E-state index in [1.165, 1.54) is 0 Å². The Hall–Kier alpha value is -1.18. The minimum atomic E-state index is -0.221. The van der Waals surface area contributed by atoms with E-state index in [4.69, 9.17) is 14.2 Å². The van der Waals surface area contributed by atoms with Gasteiger partial charge in [0.05, 0.1) is 6.10 Å².